The summed E-state index contributed by atoms with van der Waals surface area (Å²) in [4.78, 5) is 2.09. The lowest BCUT2D eigenvalue weighted by Gasteiger charge is -2.18. The van der Waals surface area contributed by atoms with E-state index in [9.17, 15) is 0 Å². The van der Waals surface area contributed by atoms with Crippen LogP contribution in [0.4, 0.5) is 0 Å². The predicted octanol–water partition coefficient (Wildman–Crippen LogP) is 2.41. The second-order valence-electron chi connectivity index (χ2n) is 2.95. The molecule has 1 heterocycles. The van der Waals surface area contributed by atoms with Crippen LogP contribution in [0.2, 0.25) is 0 Å². The molecule has 0 radical (unpaired) electrons. The largest absolute Gasteiger partial charge is 0.354 e. The molecule has 0 aliphatic carbocycles. The van der Waals surface area contributed by atoms with Gasteiger partial charge >= 0.3 is 0 Å². The predicted molar refractivity (Wildman–Crippen MR) is 49.1 cm³/mol. The van der Waals surface area contributed by atoms with Crippen molar-refractivity contribution >= 4 is 0 Å². The molecule has 0 aromatic heterocycles. The Morgan fingerprint density at radius 2 is 2.50 bits per heavy atom. The van der Waals surface area contributed by atoms with E-state index in [1.165, 1.54) is 12.8 Å². The molecule has 0 unspecified atom stereocenters. The molecule has 0 spiro atoms. The molecular formula is C10H14N2. The van der Waals surface area contributed by atoms with Crippen molar-refractivity contribution in [3.63, 3.8) is 0 Å². The van der Waals surface area contributed by atoms with Gasteiger partial charge in [-0.2, -0.15) is 5.26 Å². The van der Waals surface area contributed by atoms with E-state index >= 15 is 0 Å². The van der Waals surface area contributed by atoms with E-state index in [1.54, 1.807) is 0 Å². The Kier molecular flexibility index (Phi) is 3.40. The number of rotatable bonds is 3. The zero-order valence-electron chi connectivity index (χ0n) is 7.45. The van der Waals surface area contributed by atoms with Crippen molar-refractivity contribution in [2.75, 3.05) is 6.54 Å². The summed E-state index contributed by atoms with van der Waals surface area (Å²) in [6.07, 6.45) is 9.19. The van der Waals surface area contributed by atoms with Gasteiger partial charge < -0.3 is 4.90 Å². The third-order valence-electron chi connectivity index (χ3n) is 1.87. The number of nitrogens with zero attached hydrogens (tertiary/aromatic N) is 2. The second-order valence-corrected chi connectivity index (χ2v) is 2.95. The molecule has 12 heavy (non-hydrogen) atoms. The Labute approximate surface area is 73.8 Å². The maximum absolute atomic E-state index is 8.66. The highest BCUT2D eigenvalue weighted by molar-refractivity contribution is 5.26. The van der Waals surface area contributed by atoms with Gasteiger partial charge in [-0.25, -0.2) is 0 Å². The Balaban J connectivity index is 2.44. The van der Waals surface area contributed by atoms with Gasteiger partial charge in [0, 0.05) is 24.7 Å². The molecule has 0 atom stereocenters. The van der Waals surface area contributed by atoms with Crippen LogP contribution in [0, 0.1) is 11.3 Å². The van der Waals surface area contributed by atoms with Crippen molar-refractivity contribution in [1.29, 1.82) is 5.26 Å². The topological polar surface area (TPSA) is 27.0 Å². The molecular weight excluding hydrogens is 148 g/mol. The highest BCUT2D eigenvalue weighted by atomic mass is 15.1. The summed E-state index contributed by atoms with van der Waals surface area (Å²) in [6.45, 7) is 3.20. The summed E-state index contributed by atoms with van der Waals surface area (Å²) in [5.41, 5.74) is 0.855. The van der Waals surface area contributed by atoms with Crippen LogP contribution in [-0.4, -0.2) is 11.4 Å². The van der Waals surface area contributed by atoms with E-state index in [4.69, 9.17) is 5.26 Å². The highest BCUT2D eigenvalue weighted by Crippen LogP contribution is 2.11. The van der Waals surface area contributed by atoms with Crippen LogP contribution in [0.1, 0.15) is 26.2 Å². The fourth-order valence-electron chi connectivity index (χ4n) is 1.17. The van der Waals surface area contributed by atoms with Crippen molar-refractivity contribution in [3.05, 3.63) is 24.0 Å². The molecule has 0 bridgehead atoms. The van der Waals surface area contributed by atoms with Gasteiger partial charge in [0.2, 0.25) is 0 Å². The maximum Gasteiger partial charge on any atom is 0.0965 e. The van der Waals surface area contributed by atoms with Gasteiger partial charge in [-0.05, 0) is 12.6 Å². The van der Waals surface area contributed by atoms with E-state index in [0.29, 0.717) is 0 Å². The average Bonchev–Trinajstić information content (AvgIpc) is 2.15. The fraction of sp³-hybridized carbons (Fsp3) is 0.500. The lowest BCUT2D eigenvalue weighted by Crippen LogP contribution is -2.14. The molecule has 64 valence electrons. The normalized spacial score (nSPS) is 15.7. The highest BCUT2D eigenvalue weighted by Gasteiger charge is 2.02. The van der Waals surface area contributed by atoms with Crippen LogP contribution in [0.25, 0.3) is 0 Å². The molecule has 0 saturated heterocycles. The first-order chi connectivity index (χ1) is 5.86. The van der Waals surface area contributed by atoms with Crippen molar-refractivity contribution < 1.29 is 0 Å². The number of unbranched alkanes of at least 4 members (excludes halogenated alkanes) is 1. The summed E-state index contributed by atoms with van der Waals surface area (Å²) in [6, 6.07) is 2.18. The number of nitriles is 1. The average molecular weight is 162 g/mol. The van der Waals surface area contributed by atoms with Crippen molar-refractivity contribution in [1.82, 2.24) is 4.90 Å². The summed E-state index contributed by atoms with van der Waals surface area (Å²) in [7, 11) is 0. The third kappa shape index (κ3) is 2.43. The van der Waals surface area contributed by atoms with E-state index in [2.05, 4.69) is 24.1 Å². The standard InChI is InChI=1S/C10H14N2/c1-2-3-6-12-7-4-5-10(8-11)9-12/h4,7,9H,2-3,5-6H2,1H3. The zero-order chi connectivity index (χ0) is 8.81. The number of hydrogen-bond acceptors (Lipinski definition) is 2. The third-order valence-corrected chi connectivity index (χ3v) is 1.87. The van der Waals surface area contributed by atoms with Gasteiger partial charge in [-0.1, -0.05) is 19.4 Å². The van der Waals surface area contributed by atoms with E-state index in [1.807, 2.05) is 12.3 Å². The molecule has 0 fully saturated rings. The number of allylic oxidation sites excluding steroid dienone is 2. The minimum Gasteiger partial charge on any atom is -0.354 e. The molecule has 0 N–H and O–H groups in total. The zero-order valence-corrected chi connectivity index (χ0v) is 7.45. The summed E-state index contributed by atoms with van der Waals surface area (Å²) < 4.78 is 0. The Morgan fingerprint density at radius 1 is 1.67 bits per heavy atom. The lowest BCUT2D eigenvalue weighted by atomic mass is 10.2. The van der Waals surface area contributed by atoms with Gasteiger partial charge in [0.25, 0.3) is 0 Å². The smallest absolute Gasteiger partial charge is 0.0965 e. The first-order valence-electron chi connectivity index (χ1n) is 4.40. The van der Waals surface area contributed by atoms with Gasteiger partial charge in [-0.3, -0.25) is 0 Å². The van der Waals surface area contributed by atoms with Crippen LogP contribution in [0.3, 0.4) is 0 Å². The SMILES string of the molecule is CCCCN1C=CCC(C#N)=C1. The van der Waals surface area contributed by atoms with Gasteiger partial charge in [0.15, 0.2) is 0 Å². The van der Waals surface area contributed by atoms with E-state index in [-0.39, 0.29) is 0 Å². The molecule has 0 aromatic rings. The Morgan fingerprint density at radius 3 is 3.17 bits per heavy atom. The second kappa shape index (κ2) is 4.61. The van der Waals surface area contributed by atoms with E-state index < -0.39 is 0 Å². The summed E-state index contributed by atoms with van der Waals surface area (Å²) in [5.74, 6) is 0. The van der Waals surface area contributed by atoms with Gasteiger partial charge in [0.05, 0.1) is 6.07 Å². The quantitative estimate of drug-likeness (QED) is 0.637. The minimum absolute atomic E-state index is 0.791. The Bertz CT molecular complexity index is 233. The van der Waals surface area contributed by atoms with Crippen LogP contribution in [0.5, 0.6) is 0 Å². The molecule has 0 amide bonds. The van der Waals surface area contributed by atoms with Gasteiger partial charge in [-0.15, -0.1) is 0 Å². The minimum atomic E-state index is 0.791. The molecule has 1 aliphatic rings. The molecule has 2 nitrogen and oxygen atoms in total. The van der Waals surface area contributed by atoms with Crippen LogP contribution in [-0.2, 0) is 0 Å². The first kappa shape index (κ1) is 8.86. The van der Waals surface area contributed by atoms with Crippen molar-refractivity contribution in [2.24, 2.45) is 0 Å². The maximum atomic E-state index is 8.66. The van der Waals surface area contributed by atoms with Crippen molar-refractivity contribution in [2.45, 2.75) is 26.2 Å². The Hall–Kier alpha value is -1.23. The van der Waals surface area contributed by atoms with Crippen LogP contribution in [0.15, 0.2) is 24.0 Å². The molecule has 2 heteroatoms. The molecule has 1 rings (SSSR count). The van der Waals surface area contributed by atoms with Crippen molar-refractivity contribution in [3.8, 4) is 6.07 Å². The molecule has 0 saturated carbocycles. The fourth-order valence-corrected chi connectivity index (χ4v) is 1.17. The number of hydrogen-bond donors (Lipinski definition) is 0. The van der Waals surface area contributed by atoms with Gasteiger partial charge in [0.1, 0.15) is 0 Å². The molecule has 0 aromatic carbocycles. The van der Waals surface area contributed by atoms with Crippen LogP contribution < -0.4 is 0 Å². The summed E-state index contributed by atoms with van der Waals surface area (Å²) >= 11 is 0. The monoisotopic (exact) mass is 162 g/mol. The lowest BCUT2D eigenvalue weighted by molar-refractivity contribution is 0.475. The molecule has 1 aliphatic heterocycles. The van der Waals surface area contributed by atoms with Crippen LogP contribution >= 0.6 is 0 Å². The first-order valence-corrected chi connectivity index (χ1v) is 4.40. The van der Waals surface area contributed by atoms with E-state index in [0.717, 1.165) is 18.5 Å². The summed E-state index contributed by atoms with van der Waals surface area (Å²) in [5, 5.41) is 8.66.